The van der Waals surface area contributed by atoms with Crippen molar-refractivity contribution in [1.29, 1.82) is 0 Å². The highest BCUT2D eigenvalue weighted by Crippen LogP contribution is 2.35. The molecule has 0 amide bonds. The van der Waals surface area contributed by atoms with Crippen molar-refractivity contribution in [1.82, 2.24) is 5.32 Å². The molecule has 0 bridgehead atoms. The number of rotatable bonds is 4. The lowest BCUT2D eigenvalue weighted by atomic mass is 10.1. The van der Waals surface area contributed by atoms with E-state index in [4.69, 9.17) is 4.74 Å². The number of hydrogen-bond acceptors (Lipinski definition) is 2. The van der Waals surface area contributed by atoms with E-state index < -0.39 is 11.7 Å². The van der Waals surface area contributed by atoms with Crippen molar-refractivity contribution >= 4 is 15.9 Å². The first-order chi connectivity index (χ1) is 9.90. The quantitative estimate of drug-likeness (QED) is 0.831. The van der Waals surface area contributed by atoms with Gasteiger partial charge in [0.25, 0.3) is 0 Å². The average Bonchev–Trinajstić information content (AvgIpc) is 2.39. The van der Waals surface area contributed by atoms with Gasteiger partial charge in [-0.3, -0.25) is 0 Å². The van der Waals surface area contributed by atoms with Gasteiger partial charge in [-0.15, -0.1) is 0 Å². The predicted octanol–water partition coefficient (Wildman–Crippen LogP) is 4.98. The maximum absolute atomic E-state index is 13.1. The van der Waals surface area contributed by atoms with Crippen LogP contribution in [0.2, 0.25) is 0 Å². The highest BCUT2D eigenvalue weighted by atomic mass is 79.9. The third-order valence-corrected chi connectivity index (χ3v) is 3.28. The molecule has 2 rings (SSSR count). The van der Waals surface area contributed by atoms with Gasteiger partial charge in [0.05, 0.1) is 5.56 Å². The third-order valence-electron chi connectivity index (χ3n) is 2.79. The van der Waals surface area contributed by atoms with Gasteiger partial charge in [-0.25, -0.2) is 0 Å². The van der Waals surface area contributed by atoms with Crippen molar-refractivity contribution < 1.29 is 17.9 Å². The van der Waals surface area contributed by atoms with E-state index in [1.165, 1.54) is 12.1 Å². The summed E-state index contributed by atoms with van der Waals surface area (Å²) in [6.45, 7) is 0.145. The number of benzene rings is 2. The molecule has 0 heterocycles. The molecule has 1 N–H and O–H groups in total. The molecule has 0 aliphatic carbocycles. The molecule has 0 spiro atoms. The first kappa shape index (κ1) is 15.9. The first-order valence-corrected chi connectivity index (χ1v) is 6.97. The Hall–Kier alpha value is -1.53. The van der Waals surface area contributed by atoms with Crippen molar-refractivity contribution in [2.24, 2.45) is 0 Å². The van der Waals surface area contributed by atoms with Crippen LogP contribution >= 0.6 is 15.9 Å². The number of hydrogen-bond donors (Lipinski definition) is 1. The highest BCUT2D eigenvalue weighted by Gasteiger charge is 2.33. The fourth-order valence-electron chi connectivity index (χ4n) is 1.89. The van der Waals surface area contributed by atoms with Gasteiger partial charge in [-0.2, -0.15) is 13.2 Å². The summed E-state index contributed by atoms with van der Waals surface area (Å²) in [5, 5.41) is 2.73. The Morgan fingerprint density at radius 2 is 1.81 bits per heavy atom. The number of alkyl halides is 3. The largest absolute Gasteiger partial charge is 0.457 e. The molecule has 112 valence electrons. The fourth-order valence-corrected chi connectivity index (χ4v) is 2.27. The Balaban J connectivity index is 2.33. The van der Waals surface area contributed by atoms with Gasteiger partial charge in [-0.05, 0) is 42.9 Å². The van der Waals surface area contributed by atoms with Crippen molar-refractivity contribution in [2.75, 3.05) is 7.05 Å². The van der Waals surface area contributed by atoms with E-state index in [1.807, 2.05) is 6.07 Å². The summed E-state index contributed by atoms with van der Waals surface area (Å²) < 4.78 is 45.5. The molecule has 0 unspecified atom stereocenters. The molecule has 2 aromatic rings. The minimum absolute atomic E-state index is 0.145. The Morgan fingerprint density at radius 1 is 1.10 bits per heavy atom. The number of nitrogens with one attached hydrogen (secondary N) is 1. The molecule has 0 aliphatic rings. The van der Waals surface area contributed by atoms with Crippen LogP contribution in [-0.4, -0.2) is 7.05 Å². The van der Waals surface area contributed by atoms with Crippen molar-refractivity contribution in [2.45, 2.75) is 12.7 Å². The van der Waals surface area contributed by atoms with Crippen molar-refractivity contribution in [3.63, 3.8) is 0 Å². The van der Waals surface area contributed by atoms with Crippen molar-refractivity contribution in [3.05, 3.63) is 58.1 Å². The SMILES string of the molecule is CNCc1ccc(Oc2cccc(Br)c2)cc1C(F)(F)F. The van der Waals surface area contributed by atoms with Crippen LogP contribution in [-0.2, 0) is 12.7 Å². The fraction of sp³-hybridized carbons (Fsp3) is 0.200. The second-order valence-electron chi connectivity index (χ2n) is 4.41. The van der Waals surface area contributed by atoms with Gasteiger partial charge in [0.15, 0.2) is 0 Å². The molecule has 0 atom stereocenters. The second-order valence-corrected chi connectivity index (χ2v) is 5.32. The van der Waals surface area contributed by atoms with E-state index in [-0.39, 0.29) is 17.9 Å². The molecule has 0 saturated heterocycles. The lowest BCUT2D eigenvalue weighted by Gasteiger charge is -2.15. The minimum Gasteiger partial charge on any atom is -0.457 e. The smallest absolute Gasteiger partial charge is 0.416 e. The zero-order chi connectivity index (χ0) is 15.5. The summed E-state index contributed by atoms with van der Waals surface area (Å²) >= 11 is 3.29. The summed E-state index contributed by atoms with van der Waals surface area (Å²) in [5.41, 5.74) is -0.504. The number of halogens is 4. The topological polar surface area (TPSA) is 21.3 Å². The van der Waals surface area contributed by atoms with Crippen LogP contribution in [0.5, 0.6) is 11.5 Å². The molecule has 21 heavy (non-hydrogen) atoms. The Morgan fingerprint density at radius 3 is 2.43 bits per heavy atom. The van der Waals surface area contributed by atoms with Gasteiger partial charge >= 0.3 is 6.18 Å². The lowest BCUT2D eigenvalue weighted by molar-refractivity contribution is -0.138. The highest BCUT2D eigenvalue weighted by molar-refractivity contribution is 9.10. The Bertz CT molecular complexity index is 629. The Labute approximate surface area is 129 Å². The van der Waals surface area contributed by atoms with E-state index in [0.717, 1.165) is 10.5 Å². The van der Waals surface area contributed by atoms with Crippen LogP contribution in [0, 0.1) is 0 Å². The summed E-state index contributed by atoms with van der Waals surface area (Å²) in [7, 11) is 1.60. The minimum atomic E-state index is -4.41. The molecule has 2 nitrogen and oxygen atoms in total. The average molecular weight is 360 g/mol. The zero-order valence-electron chi connectivity index (χ0n) is 11.2. The molecule has 0 fully saturated rings. The number of ether oxygens (including phenoxy) is 1. The van der Waals surface area contributed by atoms with Crippen LogP contribution in [0.4, 0.5) is 13.2 Å². The predicted molar refractivity (Wildman–Crippen MR) is 78.4 cm³/mol. The van der Waals surface area contributed by atoms with Crippen LogP contribution in [0.3, 0.4) is 0 Å². The normalized spacial score (nSPS) is 11.5. The molecule has 2 aromatic carbocycles. The van der Waals surface area contributed by atoms with Gasteiger partial charge in [-0.1, -0.05) is 28.1 Å². The van der Waals surface area contributed by atoms with Gasteiger partial charge < -0.3 is 10.1 Å². The lowest BCUT2D eigenvalue weighted by Crippen LogP contribution is -2.14. The molecule has 0 radical (unpaired) electrons. The van der Waals surface area contributed by atoms with E-state index in [2.05, 4.69) is 21.2 Å². The van der Waals surface area contributed by atoms with Crippen LogP contribution in [0.25, 0.3) is 0 Å². The maximum Gasteiger partial charge on any atom is 0.416 e. The molecular weight excluding hydrogens is 347 g/mol. The zero-order valence-corrected chi connectivity index (χ0v) is 12.8. The molecule has 0 aromatic heterocycles. The van der Waals surface area contributed by atoms with E-state index in [0.29, 0.717) is 5.75 Å². The molecule has 6 heteroatoms. The van der Waals surface area contributed by atoms with Crippen LogP contribution < -0.4 is 10.1 Å². The third kappa shape index (κ3) is 4.22. The van der Waals surface area contributed by atoms with Gasteiger partial charge in [0.1, 0.15) is 11.5 Å². The molecule has 0 saturated carbocycles. The molecule has 0 aliphatic heterocycles. The van der Waals surface area contributed by atoms with E-state index >= 15 is 0 Å². The summed E-state index contributed by atoms with van der Waals surface area (Å²) in [5.74, 6) is 0.624. The van der Waals surface area contributed by atoms with Crippen LogP contribution in [0.1, 0.15) is 11.1 Å². The van der Waals surface area contributed by atoms with E-state index in [1.54, 1.807) is 25.2 Å². The van der Waals surface area contributed by atoms with Crippen LogP contribution in [0.15, 0.2) is 46.9 Å². The van der Waals surface area contributed by atoms with Gasteiger partial charge in [0.2, 0.25) is 0 Å². The monoisotopic (exact) mass is 359 g/mol. The summed E-state index contributed by atoms with van der Waals surface area (Å²) in [6, 6.07) is 10.9. The first-order valence-electron chi connectivity index (χ1n) is 6.18. The summed E-state index contributed by atoms with van der Waals surface area (Å²) in [6.07, 6.45) is -4.41. The maximum atomic E-state index is 13.1. The summed E-state index contributed by atoms with van der Waals surface area (Å²) in [4.78, 5) is 0. The molecular formula is C15H13BrF3NO. The second kappa shape index (κ2) is 6.49. The van der Waals surface area contributed by atoms with Crippen molar-refractivity contribution in [3.8, 4) is 11.5 Å². The Kier molecular flexibility index (Phi) is 4.90. The standard InChI is InChI=1S/C15H13BrF3NO/c1-20-9-10-5-6-13(8-14(10)15(17,18)19)21-12-4-2-3-11(16)7-12/h2-8,20H,9H2,1H3. The van der Waals surface area contributed by atoms with E-state index in [9.17, 15) is 13.2 Å². The van der Waals surface area contributed by atoms with Gasteiger partial charge in [0, 0.05) is 11.0 Å².